The minimum absolute atomic E-state index is 0. The van der Waals surface area contributed by atoms with Crippen molar-refractivity contribution < 1.29 is 32.7 Å². The first kappa shape index (κ1) is 15.7. The zero-order valence-corrected chi connectivity index (χ0v) is 11.6. The number of benzene rings is 1. The average molecular weight is 252 g/mol. The van der Waals surface area contributed by atoms with Crippen LogP contribution in [0.15, 0.2) is 12.1 Å². The molecular formula is C11H17NY-2. The van der Waals surface area contributed by atoms with Gasteiger partial charge in [-0.15, -0.1) is 6.54 Å². The van der Waals surface area contributed by atoms with Gasteiger partial charge in [-0.3, -0.25) is 0 Å². The Kier molecular flexibility index (Phi) is 10.7. The Morgan fingerprint density at radius 2 is 1.77 bits per heavy atom. The van der Waals surface area contributed by atoms with Crippen LogP contribution in [0.5, 0.6) is 0 Å². The topological polar surface area (TPSA) is 26.0 Å². The standard InChI is InChI=1S/C9H11.C2H6N.Y/c1-7-4-5-8(2)9(3)6-7;1-2-3;/h5-6H,1-3H3;1-3H2;/q2*-1;. The SMILES string of the molecule is Cc1[c-]cc(C)c(C)c1.[CH2-]CN.[Y]. The molecule has 0 aliphatic rings. The Morgan fingerprint density at radius 3 is 2.08 bits per heavy atom. The first-order valence-electron chi connectivity index (χ1n) is 4.06. The van der Waals surface area contributed by atoms with Crippen LogP contribution in [0.2, 0.25) is 0 Å². The third-order valence-electron chi connectivity index (χ3n) is 1.57. The number of hydrogen-bond donors (Lipinski definition) is 1. The molecular weight excluding hydrogens is 235 g/mol. The fourth-order valence-electron chi connectivity index (χ4n) is 0.816. The summed E-state index contributed by atoms with van der Waals surface area (Å²) in [5.41, 5.74) is 8.63. The molecule has 0 spiro atoms. The van der Waals surface area contributed by atoms with Gasteiger partial charge in [0.25, 0.3) is 0 Å². The minimum Gasteiger partial charge on any atom is -0.360 e. The first-order valence-corrected chi connectivity index (χ1v) is 4.06. The van der Waals surface area contributed by atoms with E-state index in [1.54, 1.807) is 0 Å². The summed E-state index contributed by atoms with van der Waals surface area (Å²) in [7, 11) is 0. The van der Waals surface area contributed by atoms with Crippen molar-refractivity contribution in [1.29, 1.82) is 0 Å². The molecule has 0 fully saturated rings. The molecule has 2 heteroatoms. The molecule has 0 atom stereocenters. The molecule has 0 heterocycles. The number of rotatable bonds is 0. The molecule has 0 aliphatic heterocycles. The predicted molar refractivity (Wildman–Crippen MR) is 53.9 cm³/mol. The third-order valence-corrected chi connectivity index (χ3v) is 1.57. The van der Waals surface area contributed by atoms with Gasteiger partial charge in [0.05, 0.1) is 0 Å². The van der Waals surface area contributed by atoms with Crippen LogP contribution in [0.3, 0.4) is 0 Å². The average Bonchev–Trinajstić information content (AvgIpc) is 1.99. The van der Waals surface area contributed by atoms with E-state index in [1.165, 1.54) is 16.7 Å². The maximum Gasteiger partial charge on any atom is 0 e. The Labute approximate surface area is 107 Å². The smallest absolute Gasteiger partial charge is 0 e. The van der Waals surface area contributed by atoms with Crippen molar-refractivity contribution in [3.8, 4) is 0 Å². The monoisotopic (exact) mass is 252 g/mol. The van der Waals surface area contributed by atoms with Gasteiger partial charge in [0, 0.05) is 32.7 Å². The van der Waals surface area contributed by atoms with E-state index in [4.69, 9.17) is 5.73 Å². The van der Waals surface area contributed by atoms with Gasteiger partial charge in [-0.1, -0.05) is 20.8 Å². The summed E-state index contributed by atoms with van der Waals surface area (Å²) in [4.78, 5) is 0. The summed E-state index contributed by atoms with van der Waals surface area (Å²) >= 11 is 0. The van der Waals surface area contributed by atoms with Gasteiger partial charge in [-0.05, 0) is 0 Å². The predicted octanol–water partition coefficient (Wildman–Crippen LogP) is 2.19. The minimum atomic E-state index is 0. The van der Waals surface area contributed by atoms with Crippen molar-refractivity contribution >= 4 is 0 Å². The quantitative estimate of drug-likeness (QED) is 0.704. The summed E-state index contributed by atoms with van der Waals surface area (Å²) in [5, 5.41) is 0. The summed E-state index contributed by atoms with van der Waals surface area (Å²) < 4.78 is 0. The molecule has 0 aromatic heterocycles. The molecule has 0 saturated heterocycles. The second kappa shape index (κ2) is 8.86. The first-order chi connectivity index (χ1) is 5.61. The van der Waals surface area contributed by atoms with Crippen molar-refractivity contribution in [2.75, 3.05) is 6.54 Å². The molecule has 1 aromatic rings. The van der Waals surface area contributed by atoms with Gasteiger partial charge in [0.1, 0.15) is 0 Å². The molecule has 0 amide bonds. The van der Waals surface area contributed by atoms with Crippen molar-refractivity contribution in [3.05, 3.63) is 41.8 Å². The molecule has 71 valence electrons. The maximum absolute atomic E-state index is 4.74. The molecule has 13 heavy (non-hydrogen) atoms. The molecule has 1 rings (SSSR count). The van der Waals surface area contributed by atoms with Crippen LogP contribution < -0.4 is 5.73 Å². The Balaban J connectivity index is 0. The van der Waals surface area contributed by atoms with Gasteiger partial charge in [0.15, 0.2) is 0 Å². The van der Waals surface area contributed by atoms with Crippen LogP contribution in [0.4, 0.5) is 0 Å². The van der Waals surface area contributed by atoms with Crippen molar-refractivity contribution in [2.45, 2.75) is 20.8 Å². The molecule has 1 aromatic carbocycles. The van der Waals surface area contributed by atoms with Gasteiger partial charge in [-0.25, -0.2) is 0 Å². The normalized spacial score (nSPS) is 8.08. The summed E-state index contributed by atoms with van der Waals surface area (Å²) in [5.74, 6) is 0. The zero-order valence-electron chi connectivity index (χ0n) is 8.72. The number of hydrogen-bond acceptors (Lipinski definition) is 1. The van der Waals surface area contributed by atoms with E-state index >= 15 is 0 Å². The van der Waals surface area contributed by atoms with Crippen LogP contribution >= 0.6 is 0 Å². The summed E-state index contributed by atoms with van der Waals surface area (Å²) in [6, 6.07) is 7.32. The molecule has 1 nitrogen and oxygen atoms in total. The second-order valence-electron chi connectivity index (χ2n) is 2.77. The van der Waals surface area contributed by atoms with Gasteiger partial charge in [0.2, 0.25) is 0 Å². The second-order valence-corrected chi connectivity index (χ2v) is 2.77. The van der Waals surface area contributed by atoms with Crippen molar-refractivity contribution in [1.82, 2.24) is 0 Å². The van der Waals surface area contributed by atoms with E-state index in [0.29, 0.717) is 6.54 Å². The van der Waals surface area contributed by atoms with Crippen LogP contribution in [0.25, 0.3) is 0 Å². The summed E-state index contributed by atoms with van der Waals surface area (Å²) in [6.45, 7) is 10.0. The maximum atomic E-state index is 4.74. The van der Waals surface area contributed by atoms with E-state index in [0.717, 1.165) is 0 Å². The fourth-order valence-corrected chi connectivity index (χ4v) is 0.816. The van der Waals surface area contributed by atoms with E-state index in [1.807, 2.05) is 6.07 Å². The van der Waals surface area contributed by atoms with Gasteiger partial charge >= 0.3 is 0 Å². The summed E-state index contributed by atoms with van der Waals surface area (Å²) in [6.07, 6.45) is 0. The molecule has 0 saturated carbocycles. The largest absolute Gasteiger partial charge is 0.360 e. The van der Waals surface area contributed by atoms with Crippen LogP contribution in [0.1, 0.15) is 16.7 Å². The van der Waals surface area contributed by atoms with E-state index < -0.39 is 0 Å². The van der Waals surface area contributed by atoms with E-state index in [9.17, 15) is 0 Å². The van der Waals surface area contributed by atoms with Crippen LogP contribution in [-0.2, 0) is 32.7 Å². The van der Waals surface area contributed by atoms with Gasteiger partial charge in [-0.2, -0.15) is 34.9 Å². The zero-order chi connectivity index (χ0) is 9.56. The van der Waals surface area contributed by atoms with Crippen LogP contribution in [0, 0.1) is 33.8 Å². The van der Waals surface area contributed by atoms with E-state index in [2.05, 4.69) is 39.8 Å². The molecule has 1 radical (unpaired) electrons. The molecule has 0 bridgehead atoms. The Morgan fingerprint density at radius 1 is 1.31 bits per heavy atom. The fraction of sp³-hybridized carbons (Fsp3) is 0.364. The Hall–Kier alpha value is 0.284. The van der Waals surface area contributed by atoms with E-state index in [-0.39, 0.29) is 32.7 Å². The third kappa shape index (κ3) is 7.36. The van der Waals surface area contributed by atoms with Gasteiger partial charge < -0.3 is 12.7 Å². The van der Waals surface area contributed by atoms with Crippen LogP contribution in [-0.4, -0.2) is 6.54 Å². The molecule has 0 unspecified atom stereocenters. The Bertz CT molecular complexity index is 234. The molecule has 0 aliphatic carbocycles. The number of nitrogens with two attached hydrogens (primary N) is 1. The van der Waals surface area contributed by atoms with Crippen molar-refractivity contribution in [3.63, 3.8) is 0 Å². The molecule has 2 N–H and O–H groups in total. The van der Waals surface area contributed by atoms with Crippen molar-refractivity contribution in [2.24, 2.45) is 5.73 Å². The number of aryl methyl sites for hydroxylation is 3.